The number of epoxide rings is 1. The van der Waals surface area contributed by atoms with Crippen LogP contribution in [0.5, 0.6) is 0 Å². The molecule has 1 aromatic heterocycles. The topological polar surface area (TPSA) is 122 Å². The molecule has 37 heavy (non-hydrogen) atoms. The Morgan fingerprint density at radius 1 is 1.16 bits per heavy atom. The third kappa shape index (κ3) is 3.00. The average Bonchev–Trinajstić information content (AvgIpc) is 3.41. The zero-order valence-corrected chi connectivity index (χ0v) is 22.1. The molecule has 0 bridgehead atoms. The Hall–Kier alpha value is -2.94. The molecular formula is C28H34O9. The summed E-state index contributed by atoms with van der Waals surface area (Å²) in [7, 11) is 1.24. The van der Waals surface area contributed by atoms with E-state index in [0.29, 0.717) is 24.0 Å². The molecule has 2 aliphatic carbocycles. The Morgan fingerprint density at radius 3 is 2.43 bits per heavy atom. The van der Waals surface area contributed by atoms with E-state index in [1.807, 2.05) is 27.7 Å². The number of ketones is 1. The fraction of sp³-hybridized carbons (Fsp3) is 0.643. The molecule has 9 atom stereocenters. The van der Waals surface area contributed by atoms with Crippen LogP contribution in [0.15, 0.2) is 35.2 Å². The maximum atomic E-state index is 14.3. The largest absolute Gasteiger partial charge is 0.472 e. The number of esters is 3. The number of hydrogen-bond donors (Lipinski definition) is 0. The molecule has 2 aliphatic heterocycles. The van der Waals surface area contributed by atoms with Gasteiger partial charge in [0, 0.05) is 29.7 Å². The first-order valence-corrected chi connectivity index (χ1v) is 12.6. The highest BCUT2D eigenvalue weighted by Gasteiger charge is 2.88. The van der Waals surface area contributed by atoms with E-state index in [-0.39, 0.29) is 12.2 Å². The van der Waals surface area contributed by atoms with Gasteiger partial charge in [0.1, 0.15) is 17.5 Å². The van der Waals surface area contributed by atoms with Crippen molar-refractivity contribution in [1.82, 2.24) is 0 Å². The van der Waals surface area contributed by atoms with Gasteiger partial charge in [-0.3, -0.25) is 9.59 Å². The molecule has 0 N–H and O–H groups in total. The van der Waals surface area contributed by atoms with Gasteiger partial charge in [0.05, 0.1) is 25.1 Å². The number of rotatable bonds is 5. The van der Waals surface area contributed by atoms with Gasteiger partial charge in [0.2, 0.25) is 6.10 Å². The summed E-state index contributed by atoms with van der Waals surface area (Å²) in [6, 6.07) is 1.76. The lowest BCUT2D eigenvalue weighted by Gasteiger charge is -2.65. The summed E-state index contributed by atoms with van der Waals surface area (Å²) in [4.78, 5) is 52.8. The first kappa shape index (κ1) is 25.7. The van der Waals surface area contributed by atoms with Crippen molar-refractivity contribution >= 4 is 23.7 Å². The Labute approximate surface area is 215 Å². The Balaban J connectivity index is 1.71. The van der Waals surface area contributed by atoms with Gasteiger partial charge in [-0.2, -0.15) is 0 Å². The van der Waals surface area contributed by atoms with Gasteiger partial charge in [-0.15, -0.1) is 0 Å². The molecule has 5 rings (SSSR count). The van der Waals surface area contributed by atoms with Crippen LogP contribution in [0.3, 0.4) is 0 Å². The molecule has 1 aromatic rings. The maximum absolute atomic E-state index is 14.3. The van der Waals surface area contributed by atoms with Gasteiger partial charge < -0.3 is 23.4 Å². The number of methoxy groups -OCH3 is 1. The molecule has 2 saturated heterocycles. The van der Waals surface area contributed by atoms with Crippen LogP contribution in [0.2, 0.25) is 0 Å². The molecule has 0 radical (unpaired) electrons. The van der Waals surface area contributed by atoms with Gasteiger partial charge >= 0.3 is 17.9 Å². The highest BCUT2D eigenvalue weighted by atomic mass is 16.7. The first-order chi connectivity index (χ1) is 17.3. The lowest BCUT2D eigenvalue weighted by atomic mass is 9.37. The van der Waals surface area contributed by atoms with Crippen LogP contribution in [0.25, 0.3) is 0 Å². The van der Waals surface area contributed by atoms with Crippen molar-refractivity contribution < 1.29 is 42.5 Å². The Bertz CT molecular complexity index is 1190. The predicted octanol–water partition coefficient (Wildman–Crippen LogP) is 3.71. The summed E-state index contributed by atoms with van der Waals surface area (Å²) < 4.78 is 28.3. The Morgan fingerprint density at radius 2 is 1.86 bits per heavy atom. The number of hydrogen-bond acceptors (Lipinski definition) is 9. The smallest absolute Gasteiger partial charge is 0.347 e. The molecule has 0 aromatic carbocycles. The van der Waals surface area contributed by atoms with Crippen molar-refractivity contribution in [1.29, 1.82) is 0 Å². The minimum Gasteiger partial charge on any atom is -0.472 e. The molecule has 9 nitrogen and oxygen atoms in total. The van der Waals surface area contributed by atoms with Crippen LogP contribution in [-0.4, -0.2) is 48.6 Å². The monoisotopic (exact) mass is 514 g/mol. The lowest BCUT2D eigenvalue weighted by molar-refractivity contribution is -0.225. The van der Waals surface area contributed by atoms with Crippen molar-refractivity contribution in [3.05, 3.63) is 36.3 Å². The van der Waals surface area contributed by atoms with Gasteiger partial charge in [0.25, 0.3) is 0 Å². The van der Waals surface area contributed by atoms with Crippen molar-refractivity contribution in [2.45, 2.75) is 77.8 Å². The fourth-order valence-corrected chi connectivity index (χ4v) is 8.43. The van der Waals surface area contributed by atoms with Gasteiger partial charge in [-0.25, -0.2) is 9.59 Å². The second-order valence-electron chi connectivity index (χ2n) is 11.7. The molecule has 200 valence electrons. The van der Waals surface area contributed by atoms with Gasteiger partial charge in [0.15, 0.2) is 6.10 Å². The minimum absolute atomic E-state index is 0.0624. The number of carbonyl (C=O) groups is 4. The standard InChI is InChI=1S/C28H34O9/c1-14(2)17-12-19(30)27(6)18(26(17,5)21(23(31)33-7)35-15(3)29)8-10-25(4)20(16-9-11-34-13-16)36-24(32)22-28(25,27)37-22/h9,11,13,17-18,20-22H,1,8,10,12H2,2-7H3/t17-,18+,20-,21-,22+,25-,26-,27-,28+/m0/s1. The van der Waals surface area contributed by atoms with Crippen molar-refractivity contribution in [2.75, 3.05) is 7.11 Å². The van der Waals surface area contributed by atoms with Crippen LogP contribution in [-0.2, 0) is 38.1 Å². The zero-order valence-electron chi connectivity index (χ0n) is 22.1. The van der Waals surface area contributed by atoms with Crippen molar-refractivity contribution in [2.24, 2.45) is 28.1 Å². The number of allylic oxidation sites excluding steroid dienone is 1. The Kier molecular flexibility index (Phi) is 5.58. The molecule has 4 aliphatic rings. The SMILES string of the molecule is C=C(C)[C@@H]1CC(=O)[C@]2(C)[C@H](CC[C@@]3(C)[C@H](c4ccoc4)OC(=O)[C@H]4O[C@]432)[C@@]1(C)[C@@H](OC(C)=O)C(=O)OC. The molecule has 0 unspecified atom stereocenters. The summed E-state index contributed by atoms with van der Waals surface area (Å²) in [5, 5.41) is 0. The number of furan rings is 1. The van der Waals surface area contributed by atoms with E-state index in [9.17, 15) is 19.2 Å². The average molecular weight is 515 g/mol. The molecule has 1 spiro atoms. The number of fused-ring (bicyclic) bond motifs is 1. The second-order valence-corrected chi connectivity index (χ2v) is 11.7. The normalized spacial score (nSPS) is 42.9. The number of ether oxygens (including phenoxy) is 4. The fourth-order valence-electron chi connectivity index (χ4n) is 8.43. The molecule has 3 heterocycles. The van der Waals surface area contributed by atoms with E-state index < -0.39 is 69.9 Å². The molecule has 0 amide bonds. The molecule has 2 saturated carbocycles. The third-order valence-electron chi connectivity index (χ3n) is 10.1. The van der Waals surface area contributed by atoms with E-state index in [1.165, 1.54) is 20.3 Å². The van der Waals surface area contributed by atoms with E-state index in [0.717, 1.165) is 0 Å². The van der Waals surface area contributed by atoms with E-state index in [1.54, 1.807) is 12.3 Å². The number of cyclic esters (lactones) is 1. The summed E-state index contributed by atoms with van der Waals surface area (Å²) >= 11 is 0. The van der Waals surface area contributed by atoms with Crippen LogP contribution >= 0.6 is 0 Å². The van der Waals surface area contributed by atoms with E-state index in [4.69, 9.17) is 23.4 Å². The predicted molar refractivity (Wildman–Crippen MR) is 128 cm³/mol. The second kappa shape index (κ2) is 8.03. The highest BCUT2D eigenvalue weighted by molar-refractivity contribution is 5.93. The van der Waals surface area contributed by atoms with Crippen LogP contribution in [0, 0.1) is 28.1 Å². The molecular weight excluding hydrogens is 480 g/mol. The van der Waals surface area contributed by atoms with Gasteiger partial charge in [-0.1, -0.05) is 26.0 Å². The summed E-state index contributed by atoms with van der Waals surface area (Å²) in [6.45, 7) is 12.9. The number of carbonyl (C=O) groups excluding carboxylic acids is 4. The first-order valence-electron chi connectivity index (χ1n) is 12.6. The summed E-state index contributed by atoms with van der Waals surface area (Å²) in [6.07, 6.45) is 1.31. The maximum Gasteiger partial charge on any atom is 0.347 e. The lowest BCUT2D eigenvalue weighted by Crippen LogP contribution is -2.72. The van der Waals surface area contributed by atoms with E-state index >= 15 is 0 Å². The molecule has 9 heteroatoms. The quantitative estimate of drug-likeness (QED) is 0.250. The zero-order chi connectivity index (χ0) is 27.1. The van der Waals surface area contributed by atoms with Crippen molar-refractivity contribution in [3.63, 3.8) is 0 Å². The molecule has 4 fully saturated rings. The number of Topliss-reactive ketones (excluding diaryl/α,β-unsaturated/α-hetero) is 1. The third-order valence-corrected chi connectivity index (χ3v) is 10.1. The highest BCUT2D eigenvalue weighted by Crippen LogP contribution is 2.78. The summed E-state index contributed by atoms with van der Waals surface area (Å²) in [5.41, 5.74) is -2.72. The van der Waals surface area contributed by atoms with Crippen LogP contribution in [0.4, 0.5) is 0 Å². The van der Waals surface area contributed by atoms with Crippen molar-refractivity contribution in [3.8, 4) is 0 Å². The summed E-state index contributed by atoms with van der Waals surface area (Å²) in [5.74, 6) is -2.86. The van der Waals surface area contributed by atoms with E-state index in [2.05, 4.69) is 6.58 Å². The van der Waals surface area contributed by atoms with Crippen LogP contribution in [0.1, 0.15) is 65.5 Å². The van der Waals surface area contributed by atoms with Gasteiger partial charge in [-0.05, 0) is 44.6 Å². The minimum atomic E-state index is -1.27. The van der Waals surface area contributed by atoms with Crippen LogP contribution < -0.4 is 0 Å².